The number of aryl methyl sites for hydroxylation is 1. The van der Waals surface area contributed by atoms with Crippen molar-refractivity contribution < 1.29 is 9.32 Å². The van der Waals surface area contributed by atoms with Gasteiger partial charge in [-0.3, -0.25) is 4.79 Å². The second kappa shape index (κ2) is 5.89. The van der Waals surface area contributed by atoms with Crippen molar-refractivity contribution in [3.05, 3.63) is 23.7 Å². The van der Waals surface area contributed by atoms with Crippen LogP contribution >= 0.6 is 0 Å². The average molecular weight is 327 g/mol. The van der Waals surface area contributed by atoms with Gasteiger partial charge < -0.3 is 14.3 Å². The molecule has 0 radical (unpaired) electrons. The molecule has 2 fully saturated rings. The van der Waals surface area contributed by atoms with Gasteiger partial charge in [0.25, 0.3) is 0 Å². The van der Waals surface area contributed by atoms with Crippen LogP contribution in [0.1, 0.15) is 37.1 Å². The number of aromatic nitrogens is 3. The molecular formula is C17H21N5O2. The van der Waals surface area contributed by atoms with Gasteiger partial charge in [-0.2, -0.15) is 0 Å². The molecule has 2 aromatic heterocycles. The van der Waals surface area contributed by atoms with Crippen molar-refractivity contribution >= 4 is 11.9 Å². The van der Waals surface area contributed by atoms with E-state index in [2.05, 4.69) is 15.0 Å². The second-order valence-electron chi connectivity index (χ2n) is 6.57. The van der Waals surface area contributed by atoms with Gasteiger partial charge in [-0.25, -0.2) is 9.97 Å². The first kappa shape index (κ1) is 15.1. The third kappa shape index (κ3) is 2.86. The zero-order chi connectivity index (χ0) is 16.7. The average Bonchev–Trinajstić information content (AvgIpc) is 3.36. The fourth-order valence-corrected chi connectivity index (χ4v) is 3.11. The van der Waals surface area contributed by atoms with Gasteiger partial charge in [0.05, 0.1) is 17.0 Å². The number of carbonyl (C=O) groups excluding carboxylic acids is 1. The van der Waals surface area contributed by atoms with Crippen LogP contribution in [0.5, 0.6) is 0 Å². The normalized spacial score (nSPS) is 18.1. The number of nitrogens with zero attached hydrogens (tertiary/aromatic N) is 5. The minimum Gasteiger partial charge on any atom is -0.356 e. The van der Waals surface area contributed by atoms with E-state index in [4.69, 9.17) is 9.51 Å². The van der Waals surface area contributed by atoms with Crippen LogP contribution in [0, 0.1) is 6.92 Å². The fraction of sp³-hybridized carbons (Fsp3) is 0.529. The summed E-state index contributed by atoms with van der Waals surface area (Å²) >= 11 is 0. The summed E-state index contributed by atoms with van der Waals surface area (Å²) in [6.45, 7) is 6.51. The molecule has 7 nitrogen and oxygen atoms in total. The summed E-state index contributed by atoms with van der Waals surface area (Å²) in [7, 11) is 0. The monoisotopic (exact) mass is 327 g/mol. The summed E-state index contributed by atoms with van der Waals surface area (Å²) in [4.78, 5) is 24.9. The van der Waals surface area contributed by atoms with E-state index in [1.54, 1.807) is 6.92 Å². The van der Waals surface area contributed by atoms with Crippen LogP contribution in [0.3, 0.4) is 0 Å². The topological polar surface area (TPSA) is 75.4 Å². The SMILES string of the molecule is CC(=O)N1CCN(c2ncc(-c3cc(C)no3)c(C3CC3)n2)CC1. The summed E-state index contributed by atoms with van der Waals surface area (Å²) < 4.78 is 5.41. The molecule has 126 valence electrons. The molecule has 24 heavy (non-hydrogen) atoms. The van der Waals surface area contributed by atoms with Crippen molar-refractivity contribution in [2.75, 3.05) is 31.1 Å². The minimum absolute atomic E-state index is 0.130. The lowest BCUT2D eigenvalue weighted by molar-refractivity contribution is -0.129. The highest BCUT2D eigenvalue weighted by molar-refractivity contribution is 5.73. The van der Waals surface area contributed by atoms with Gasteiger partial charge in [0.2, 0.25) is 11.9 Å². The van der Waals surface area contributed by atoms with E-state index in [0.717, 1.165) is 67.7 Å². The molecule has 1 amide bonds. The van der Waals surface area contributed by atoms with Gasteiger partial charge in [-0.1, -0.05) is 5.16 Å². The maximum Gasteiger partial charge on any atom is 0.225 e. The molecule has 0 spiro atoms. The van der Waals surface area contributed by atoms with Crippen molar-refractivity contribution in [3.63, 3.8) is 0 Å². The van der Waals surface area contributed by atoms with Crippen LogP contribution in [-0.4, -0.2) is 52.1 Å². The number of hydrogen-bond donors (Lipinski definition) is 0. The lowest BCUT2D eigenvalue weighted by Gasteiger charge is -2.34. The summed E-state index contributed by atoms with van der Waals surface area (Å²) in [5.41, 5.74) is 2.87. The highest BCUT2D eigenvalue weighted by Gasteiger charge is 2.31. The molecule has 2 aromatic rings. The quantitative estimate of drug-likeness (QED) is 0.858. The van der Waals surface area contributed by atoms with Crippen LogP contribution in [0.25, 0.3) is 11.3 Å². The molecule has 0 unspecified atom stereocenters. The molecule has 4 rings (SSSR count). The standard InChI is InChI=1S/C17H21N5O2/c1-11-9-15(24-20-11)14-10-18-17(19-16(14)13-3-4-13)22-7-5-21(6-8-22)12(2)23/h9-10,13H,3-8H2,1-2H3. The lowest BCUT2D eigenvalue weighted by atomic mass is 10.1. The Hall–Kier alpha value is -2.44. The Morgan fingerprint density at radius 3 is 2.58 bits per heavy atom. The third-order valence-electron chi connectivity index (χ3n) is 4.67. The molecule has 1 aliphatic heterocycles. The smallest absolute Gasteiger partial charge is 0.225 e. The number of rotatable bonds is 3. The first-order valence-corrected chi connectivity index (χ1v) is 8.43. The Labute approximate surface area is 140 Å². The predicted octanol–water partition coefficient (Wildman–Crippen LogP) is 1.99. The molecular weight excluding hydrogens is 306 g/mol. The predicted molar refractivity (Wildman–Crippen MR) is 88.7 cm³/mol. The molecule has 0 N–H and O–H groups in total. The Morgan fingerprint density at radius 1 is 1.25 bits per heavy atom. The number of anilines is 1. The van der Waals surface area contributed by atoms with Crippen LogP contribution < -0.4 is 4.90 Å². The van der Waals surface area contributed by atoms with Crippen molar-refractivity contribution in [2.24, 2.45) is 0 Å². The molecule has 3 heterocycles. The van der Waals surface area contributed by atoms with E-state index >= 15 is 0 Å². The number of piperazine rings is 1. The first-order valence-electron chi connectivity index (χ1n) is 8.43. The summed E-state index contributed by atoms with van der Waals surface area (Å²) in [6, 6.07) is 1.93. The van der Waals surface area contributed by atoms with Crippen LogP contribution in [0.4, 0.5) is 5.95 Å². The third-order valence-corrected chi connectivity index (χ3v) is 4.67. The maximum atomic E-state index is 11.5. The molecule has 1 saturated heterocycles. The molecule has 7 heteroatoms. The fourth-order valence-electron chi connectivity index (χ4n) is 3.11. The first-order chi connectivity index (χ1) is 11.6. The molecule has 0 bridgehead atoms. The highest BCUT2D eigenvalue weighted by Crippen LogP contribution is 2.43. The van der Waals surface area contributed by atoms with Gasteiger partial charge in [0.15, 0.2) is 5.76 Å². The molecule has 2 aliphatic rings. The van der Waals surface area contributed by atoms with Crippen molar-refractivity contribution in [1.29, 1.82) is 0 Å². The zero-order valence-corrected chi connectivity index (χ0v) is 14.0. The van der Waals surface area contributed by atoms with Crippen LogP contribution in [0.15, 0.2) is 16.8 Å². The Morgan fingerprint density at radius 2 is 2.00 bits per heavy atom. The van der Waals surface area contributed by atoms with Gasteiger partial charge in [0, 0.05) is 51.3 Å². The van der Waals surface area contributed by atoms with E-state index in [1.807, 2.05) is 24.1 Å². The summed E-state index contributed by atoms with van der Waals surface area (Å²) in [5.74, 6) is 2.11. The van der Waals surface area contributed by atoms with Gasteiger partial charge in [-0.15, -0.1) is 0 Å². The van der Waals surface area contributed by atoms with Crippen molar-refractivity contribution in [1.82, 2.24) is 20.0 Å². The maximum absolute atomic E-state index is 11.5. The van der Waals surface area contributed by atoms with E-state index in [0.29, 0.717) is 5.92 Å². The highest BCUT2D eigenvalue weighted by atomic mass is 16.5. The van der Waals surface area contributed by atoms with E-state index < -0.39 is 0 Å². The number of hydrogen-bond acceptors (Lipinski definition) is 6. The van der Waals surface area contributed by atoms with E-state index in [1.165, 1.54) is 0 Å². The largest absolute Gasteiger partial charge is 0.356 e. The summed E-state index contributed by atoms with van der Waals surface area (Å²) in [5, 5.41) is 3.97. The number of amides is 1. The Kier molecular flexibility index (Phi) is 3.70. The van der Waals surface area contributed by atoms with Gasteiger partial charge >= 0.3 is 0 Å². The molecule has 0 atom stereocenters. The van der Waals surface area contributed by atoms with Crippen molar-refractivity contribution in [3.8, 4) is 11.3 Å². The summed E-state index contributed by atoms with van der Waals surface area (Å²) in [6.07, 6.45) is 4.18. The van der Waals surface area contributed by atoms with E-state index in [9.17, 15) is 4.79 Å². The van der Waals surface area contributed by atoms with Crippen molar-refractivity contribution in [2.45, 2.75) is 32.6 Å². The molecule has 0 aromatic carbocycles. The van der Waals surface area contributed by atoms with Gasteiger partial charge in [0.1, 0.15) is 0 Å². The Bertz CT molecular complexity index is 760. The molecule has 1 aliphatic carbocycles. The zero-order valence-electron chi connectivity index (χ0n) is 14.0. The minimum atomic E-state index is 0.130. The molecule has 1 saturated carbocycles. The lowest BCUT2D eigenvalue weighted by Crippen LogP contribution is -2.48. The number of carbonyl (C=O) groups is 1. The van der Waals surface area contributed by atoms with Gasteiger partial charge in [-0.05, 0) is 19.8 Å². The van der Waals surface area contributed by atoms with Crippen LogP contribution in [-0.2, 0) is 4.79 Å². The van der Waals surface area contributed by atoms with E-state index in [-0.39, 0.29) is 5.91 Å². The second-order valence-corrected chi connectivity index (χ2v) is 6.57. The van der Waals surface area contributed by atoms with Crippen LogP contribution in [0.2, 0.25) is 0 Å². The Balaban J connectivity index is 1.60.